The molecule has 5 rings (SSSR count). The molecule has 3 aromatic carbocycles. The van der Waals surface area contributed by atoms with Gasteiger partial charge in [0.2, 0.25) is 5.17 Å². The fourth-order valence-corrected chi connectivity index (χ4v) is 6.48. The number of nitrogens with one attached hydrogen (secondary N) is 1. The second-order valence-electron chi connectivity index (χ2n) is 8.68. The number of hydrazone groups is 1. The highest BCUT2D eigenvalue weighted by atomic mass is 127. The van der Waals surface area contributed by atoms with Gasteiger partial charge in [-0.25, -0.2) is 0 Å². The zero-order valence-electron chi connectivity index (χ0n) is 20.9. The van der Waals surface area contributed by atoms with E-state index in [4.69, 9.17) is 14.3 Å². The number of aryl methyl sites for hydroxylation is 2. The van der Waals surface area contributed by atoms with Crippen molar-refractivity contribution in [2.24, 2.45) is 10.1 Å². The molecule has 0 aliphatic carbocycles. The molecule has 2 aliphatic rings. The molecule has 0 radical (unpaired) electrons. The molecule has 0 fully saturated rings. The van der Waals surface area contributed by atoms with Crippen LogP contribution in [0.1, 0.15) is 22.3 Å². The molecule has 0 saturated heterocycles. The van der Waals surface area contributed by atoms with E-state index >= 15 is 0 Å². The first-order valence-electron chi connectivity index (χ1n) is 11.5. The van der Waals surface area contributed by atoms with Crippen LogP contribution in [0.5, 0.6) is 11.5 Å². The van der Waals surface area contributed by atoms with Crippen molar-refractivity contribution in [2.75, 3.05) is 7.11 Å². The monoisotopic (exact) mass is 672 g/mol. The third kappa shape index (κ3) is 5.49. The van der Waals surface area contributed by atoms with Gasteiger partial charge in [-0.15, -0.1) is 0 Å². The van der Waals surface area contributed by atoms with Crippen LogP contribution in [0, 0.1) is 22.8 Å². The lowest BCUT2D eigenvalue weighted by Gasteiger charge is -2.20. The molecule has 0 aromatic heterocycles. The Labute approximate surface area is 243 Å². The number of hydrogen-bond acceptors (Lipinski definition) is 8. The maximum atomic E-state index is 12.9. The topological polar surface area (TPSA) is 121 Å². The highest BCUT2D eigenvalue weighted by Gasteiger charge is 2.36. The van der Waals surface area contributed by atoms with Crippen LogP contribution in [0.3, 0.4) is 0 Å². The van der Waals surface area contributed by atoms with Crippen LogP contribution < -0.4 is 8.92 Å². The van der Waals surface area contributed by atoms with Crippen LogP contribution in [0.15, 0.2) is 81.2 Å². The fraction of sp³-hybridized carbons (Fsp3) is 0.111. The Hall–Kier alpha value is -3.49. The number of carbonyl (C=O) groups excluding carboxylic acids is 1. The van der Waals surface area contributed by atoms with Gasteiger partial charge in [-0.05, 0) is 84.1 Å². The van der Waals surface area contributed by atoms with Crippen molar-refractivity contribution in [1.29, 1.82) is 5.41 Å². The summed E-state index contributed by atoms with van der Waals surface area (Å²) in [7, 11) is -2.72. The summed E-state index contributed by atoms with van der Waals surface area (Å²) in [6, 6.07) is 17.3. The third-order valence-corrected chi connectivity index (χ3v) is 8.81. The van der Waals surface area contributed by atoms with Crippen LogP contribution in [0.4, 0.5) is 0 Å². The van der Waals surface area contributed by atoms with E-state index in [2.05, 4.69) is 10.1 Å². The van der Waals surface area contributed by atoms with Crippen molar-refractivity contribution in [1.82, 2.24) is 5.01 Å². The number of thioether (sulfide) groups is 1. The van der Waals surface area contributed by atoms with E-state index in [9.17, 15) is 13.2 Å². The minimum atomic E-state index is -4.11. The van der Waals surface area contributed by atoms with Gasteiger partial charge in [0, 0.05) is 5.56 Å². The minimum absolute atomic E-state index is 0.0149. The summed E-state index contributed by atoms with van der Waals surface area (Å²) in [6.07, 6.45) is 1.50. The molecule has 2 heterocycles. The predicted molar refractivity (Wildman–Crippen MR) is 160 cm³/mol. The number of amidine groups is 2. The fourth-order valence-electron chi connectivity index (χ4n) is 3.74. The molecule has 0 saturated carbocycles. The molecule has 12 heteroatoms. The molecule has 0 atom stereocenters. The molecule has 2 aliphatic heterocycles. The summed E-state index contributed by atoms with van der Waals surface area (Å²) < 4.78 is 37.1. The Morgan fingerprint density at radius 3 is 2.31 bits per heavy atom. The maximum absolute atomic E-state index is 12.9. The second kappa shape index (κ2) is 10.6. The number of nitrogens with zero attached hydrogens (tertiary/aromatic N) is 3. The largest absolute Gasteiger partial charge is 0.493 e. The van der Waals surface area contributed by atoms with Crippen molar-refractivity contribution >= 4 is 72.5 Å². The first-order chi connectivity index (χ1) is 18.6. The predicted octanol–water partition coefficient (Wildman–Crippen LogP) is 5.35. The summed E-state index contributed by atoms with van der Waals surface area (Å²) in [5, 5.41) is 15.5. The molecular formula is C27H21IN4O5S2. The summed E-state index contributed by atoms with van der Waals surface area (Å²) >= 11 is 3.17. The molecule has 39 heavy (non-hydrogen) atoms. The summed E-state index contributed by atoms with van der Waals surface area (Å²) in [4.78, 5) is 17.0. The van der Waals surface area contributed by atoms with Crippen LogP contribution in [0.25, 0.3) is 6.08 Å². The van der Waals surface area contributed by atoms with Gasteiger partial charge in [0.15, 0.2) is 17.3 Å². The summed E-state index contributed by atoms with van der Waals surface area (Å²) in [6.45, 7) is 3.85. The van der Waals surface area contributed by atoms with Gasteiger partial charge in [-0.3, -0.25) is 10.2 Å². The lowest BCUT2D eigenvalue weighted by atomic mass is 10.1. The zero-order valence-corrected chi connectivity index (χ0v) is 24.7. The zero-order chi connectivity index (χ0) is 27.9. The van der Waals surface area contributed by atoms with Gasteiger partial charge in [-0.1, -0.05) is 47.5 Å². The number of rotatable bonds is 6. The second-order valence-corrected chi connectivity index (χ2v) is 12.3. The van der Waals surface area contributed by atoms with Crippen molar-refractivity contribution in [3.8, 4) is 11.5 Å². The number of aliphatic imine (C=N–C) groups is 1. The molecule has 198 valence electrons. The highest BCUT2D eigenvalue weighted by Crippen LogP contribution is 2.37. The molecule has 9 nitrogen and oxygen atoms in total. The van der Waals surface area contributed by atoms with E-state index in [1.807, 2.05) is 60.7 Å². The van der Waals surface area contributed by atoms with Gasteiger partial charge < -0.3 is 8.92 Å². The lowest BCUT2D eigenvalue weighted by Crippen LogP contribution is -2.35. The number of halogens is 1. The van der Waals surface area contributed by atoms with Gasteiger partial charge in [0.25, 0.3) is 5.91 Å². The summed E-state index contributed by atoms with van der Waals surface area (Å²) in [5.74, 6) is -0.513. The Balaban J connectivity index is 1.45. The molecule has 0 spiro atoms. The number of fused-ring (bicyclic) bond motifs is 1. The van der Waals surface area contributed by atoms with Gasteiger partial charge in [0.05, 0.1) is 16.3 Å². The van der Waals surface area contributed by atoms with Crippen LogP contribution >= 0.6 is 34.4 Å². The first kappa shape index (κ1) is 27.1. The molecule has 0 bridgehead atoms. The molecule has 3 aromatic rings. The number of hydrogen-bond donors (Lipinski definition) is 1. The molecular weight excluding hydrogens is 651 g/mol. The standard InChI is InChI=1S/C27H21IN4O5S2/c1-15-4-8-18(9-5-15)26-31-32-24(29)20(25(33)30-27(32)38-26)12-17-13-21(28)23(22(14-17)36-3)37-39(34,35)19-10-6-16(2)7-11-19/h4-14,29H,1-3H3/b20-12-,29-24?. The smallest absolute Gasteiger partial charge is 0.339 e. The van der Waals surface area contributed by atoms with Crippen molar-refractivity contribution in [3.63, 3.8) is 0 Å². The molecule has 1 N–H and O–H groups in total. The average molecular weight is 673 g/mol. The first-order valence-corrected chi connectivity index (χ1v) is 14.8. The van der Waals surface area contributed by atoms with E-state index in [0.717, 1.165) is 16.7 Å². The number of carbonyl (C=O) groups is 1. The third-order valence-electron chi connectivity index (χ3n) is 5.82. The Morgan fingerprint density at radius 2 is 1.67 bits per heavy atom. The number of amides is 1. The van der Waals surface area contributed by atoms with Crippen molar-refractivity contribution in [3.05, 3.63) is 92.1 Å². The Morgan fingerprint density at radius 1 is 1.03 bits per heavy atom. The van der Waals surface area contributed by atoms with E-state index < -0.39 is 16.0 Å². The number of ether oxygens (including phenoxy) is 1. The van der Waals surface area contributed by atoms with Crippen LogP contribution in [0.2, 0.25) is 0 Å². The van der Waals surface area contributed by atoms with Crippen LogP contribution in [-0.2, 0) is 14.9 Å². The van der Waals surface area contributed by atoms with Gasteiger partial charge in [0.1, 0.15) is 9.94 Å². The maximum Gasteiger partial charge on any atom is 0.339 e. The lowest BCUT2D eigenvalue weighted by molar-refractivity contribution is -0.114. The van der Waals surface area contributed by atoms with E-state index in [-0.39, 0.29) is 27.8 Å². The van der Waals surface area contributed by atoms with Crippen molar-refractivity contribution < 1.29 is 22.1 Å². The molecule has 1 amide bonds. The Bertz CT molecular complexity index is 1710. The van der Waals surface area contributed by atoms with E-state index in [1.54, 1.807) is 18.2 Å². The number of methoxy groups -OCH3 is 1. The Kier molecular flexibility index (Phi) is 7.35. The average Bonchev–Trinajstić information content (AvgIpc) is 3.32. The van der Waals surface area contributed by atoms with E-state index in [0.29, 0.717) is 19.3 Å². The SMILES string of the molecule is COc1cc(/C=C2/C(=N)N3N=C(c4ccc(C)cc4)SC3=NC2=O)cc(I)c1OS(=O)(=O)c1ccc(C)cc1. The van der Waals surface area contributed by atoms with Gasteiger partial charge >= 0.3 is 10.1 Å². The highest BCUT2D eigenvalue weighted by molar-refractivity contribution is 14.1. The minimum Gasteiger partial charge on any atom is -0.493 e. The number of benzene rings is 3. The van der Waals surface area contributed by atoms with Crippen molar-refractivity contribution in [2.45, 2.75) is 18.7 Å². The van der Waals surface area contributed by atoms with E-state index in [1.165, 1.54) is 48.2 Å². The quantitative estimate of drug-likeness (QED) is 0.213. The normalized spacial score (nSPS) is 16.2. The van der Waals surface area contributed by atoms with Crippen LogP contribution in [-0.4, -0.2) is 42.5 Å². The van der Waals surface area contributed by atoms with Gasteiger partial charge in [-0.2, -0.15) is 23.5 Å². The molecule has 0 unspecified atom stereocenters. The summed E-state index contributed by atoms with van der Waals surface area (Å²) in [5.41, 5.74) is 3.43.